The van der Waals surface area contributed by atoms with Gasteiger partial charge >= 0.3 is 0 Å². The molecule has 1 fully saturated rings. The molecule has 140 valence electrons. The fraction of sp³-hybridized carbons (Fsp3) is 0.333. The molecule has 5 nitrogen and oxygen atoms in total. The highest BCUT2D eigenvalue weighted by Gasteiger charge is 2.26. The van der Waals surface area contributed by atoms with Crippen LogP contribution in [0.2, 0.25) is 0 Å². The SMILES string of the molecule is O=S(=O)(c1ccc(OCCSc2ccc(Br)cc2)cc1)N1CCOCC1. The molecular weight excluding hydrogens is 438 g/mol. The van der Waals surface area contributed by atoms with E-state index in [4.69, 9.17) is 9.47 Å². The predicted octanol–water partition coefficient (Wildman–Crippen LogP) is 3.64. The molecule has 0 aromatic heterocycles. The Hall–Kier alpha value is -1.06. The minimum absolute atomic E-state index is 0.288. The largest absolute Gasteiger partial charge is 0.493 e. The summed E-state index contributed by atoms with van der Waals surface area (Å²) in [4.78, 5) is 1.47. The van der Waals surface area contributed by atoms with Gasteiger partial charge in [0.05, 0.1) is 24.7 Å². The topological polar surface area (TPSA) is 55.8 Å². The van der Waals surface area contributed by atoms with Crippen molar-refractivity contribution in [3.05, 3.63) is 53.0 Å². The van der Waals surface area contributed by atoms with Crippen LogP contribution in [-0.4, -0.2) is 51.4 Å². The summed E-state index contributed by atoms with van der Waals surface area (Å²) in [5, 5.41) is 0. The first-order valence-electron chi connectivity index (χ1n) is 8.25. The molecule has 0 N–H and O–H groups in total. The summed E-state index contributed by atoms with van der Waals surface area (Å²) in [6.45, 7) is 2.23. The lowest BCUT2D eigenvalue weighted by Gasteiger charge is -2.26. The van der Waals surface area contributed by atoms with Crippen LogP contribution in [0.1, 0.15) is 0 Å². The number of nitrogens with zero attached hydrogens (tertiary/aromatic N) is 1. The van der Waals surface area contributed by atoms with E-state index in [0.29, 0.717) is 38.7 Å². The van der Waals surface area contributed by atoms with Crippen LogP contribution in [0.3, 0.4) is 0 Å². The smallest absolute Gasteiger partial charge is 0.243 e. The van der Waals surface area contributed by atoms with E-state index in [9.17, 15) is 8.42 Å². The molecule has 0 unspecified atom stereocenters. The third kappa shape index (κ3) is 5.23. The summed E-state index contributed by atoms with van der Waals surface area (Å²) in [5.74, 6) is 1.48. The highest BCUT2D eigenvalue weighted by Crippen LogP contribution is 2.22. The predicted molar refractivity (Wildman–Crippen MR) is 106 cm³/mol. The van der Waals surface area contributed by atoms with Gasteiger partial charge in [0.1, 0.15) is 5.75 Å². The Bertz CT molecular complexity index is 804. The number of halogens is 1. The normalized spacial score (nSPS) is 15.7. The molecule has 0 bridgehead atoms. The molecule has 1 aliphatic heterocycles. The van der Waals surface area contributed by atoms with Crippen molar-refractivity contribution < 1.29 is 17.9 Å². The van der Waals surface area contributed by atoms with Gasteiger partial charge in [-0.05, 0) is 48.5 Å². The molecule has 1 saturated heterocycles. The van der Waals surface area contributed by atoms with Crippen molar-refractivity contribution in [2.24, 2.45) is 0 Å². The Morgan fingerprint density at radius 2 is 1.69 bits per heavy atom. The third-order valence-electron chi connectivity index (χ3n) is 3.87. The Balaban J connectivity index is 1.50. The molecular formula is C18H20BrNO4S2. The summed E-state index contributed by atoms with van der Waals surface area (Å²) in [6.07, 6.45) is 0. The second kappa shape index (κ2) is 9.23. The number of sulfonamides is 1. The van der Waals surface area contributed by atoms with Crippen molar-refractivity contribution in [3.63, 3.8) is 0 Å². The third-order valence-corrected chi connectivity index (χ3v) is 7.28. The van der Waals surface area contributed by atoms with Crippen LogP contribution in [0.4, 0.5) is 0 Å². The summed E-state index contributed by atoms with van der Waals surface area (Å²) in [6, 6.07) is 14.7. The molecule has 0 atom stereocenters. The first-order valence-corrected chi connectivity index (χ1v) is 11.5. The van der Waals surface area contributed by atoms with E-state index in [2.05, 4.69) is 28.1 Å². The van der Waals surface area contributed by atoms with Gasteiger partial charge in [-0.25, -0.2) is 8.42 Å². The number of benzene rings is 2. The van der Waals surface area contributed by atoms with Crippen molar-refractivity contribution in [2.45, 2.75) is 9.79 Å². The fourth-order valence-electron chi connectivity index (χ4n) is 2.49. The summed E-state index contributed by atoms with van der Waals surface area (Å²) < 4.78 is 38.6. The number of hydrogen-bond donors (Lipinski definition) is 0. The van der Waals surface area contributed by atoms with Gasteiger partial charge in [-0.3, -0.25) is 0 Å². The molecule has 2 aromatic rings. The Morgan fingerprint density at radius 3 is 2.35 bits per heavy atom. The van der Waals surface area contributed by atoms with Gasteiger partial charge in [0.15, 0.2) is 0 Å². The molecule has 2 aromatic carbocycles. The van der Waals surface area contributed by atoms with Crippen molar-refractivity contribution in [1.82, 2.24) is 4.31 Å². The van der Waals surface area contributed by atoms with E-state index in [-0.39, 0.29) is 4.90 Å². The molecule has 8 heteroatoms. The van der Waals surface area contributed by atoms with Crippen LogP contribution < -0.4 is 4.74 Å². The van der Waals surface area contributed by atoms with Gasteiger partial charge < -0.3 is 9.47 Å². The first-order chi connectivity index (χ1) is 12.6. The van der Waals surface area contributed by atoms with Gasteiger partial charge in [-0.2, -0.15) is 4.31 Å². The number of rotatable bonds is 7. The molecule has 0 radical (unpaired) electrons. The summed E-state index contributed by atoms with van der Waals surface area (Å²) in [7, 11) is -3.45. The average molecular weight is 458 g/mol. The Morgan fingerprint density at radius 1 is 1.04 bits per heavy atom. The minimum Gasteiger partial charge on any atom is -0.493 e. The number of morpholine rings is 1. The van der Waals surface area contributed by atoms with Crippen molar-refractivity contribution in [2.75, 3.05) is 38.7 Å². The zero-order valence-electron chi connectivity index (χ0n) is 14.1. The lowest BCUT2D eigenvalue weighted by Crippen LogP contribution is -2.40. The molecule has 0 saturated carbocycles. The average Bonchev–Trinajstić information content (AvgIpc) is 2.68. The highest BCUT2D eigenvalue weighted by molar-refractivity contribution is 9.10. The Labute approximate surface area is 166 Å². The lowest BCUT2D eigenvalue weighted by atomic mass is 10.3. The fourth-order valence-corrected chi connectivity index (χ4v) is 4.90. The van der Waals surface area contributed by atoms with E-state index in [0.717, 1.165) is 10.2 Å². The first kappa shape index (κ1) is 19.7. The summed E-state index contributed by atoms with van der Waals surface area (Å²) >= 11 is 5.13. The van der Waals surface area contributed by atoms with E-state index < -0.39 is 10.0 Å². The van der Waals surface area contributed by atoms with Gasteiger partial charge in [-0.15, -0.1) is 11.8 Å². The zero-order chi connectivity index (χ0) is 18.4. The maximum Gasteiger partial charge on any atom is 0.243 e. The Kier molecular flexibility index (Phi) is 6.99. The maximum atomic E-state index is 12.6. The standard InChI is InChI=1S/C18H20BrNO4S2/c19-15-1-5-17(6-2-15)25-14-13-24-16-3-7-18(8-4-16)26(21,22)20-9-11-23-12-10-20/h1-8H,9-14H2. The monoisotopic (exact) mass is 457 g/mol. The number of thioether (sulfide) groups is 1. The van der Waals surface area contributed by atoms with Crippen LogP contribution >= 0.6 is 27.7 Å². The number of hydrogen-bond acceptors (Lipinski definition) is 5. The highest BCUT2D eigenvalue weighted by atomic mass is 79.9. The quantitative estimate of drug-likeness (QED) is 0.469. The van der Waals surface area contributed by atoms with Crippen molar-refractivity contribution >= 4 is 37.7 Å². The van der Waals surface area contributed by atoms with Gasteiger partial charge in [0.2, 0.25) is 10.0 Å². The molecule has 0 spiro atoms. The molecule has 0 amide bonds. The van der Waals surface area contributed by atoms with E-state index in [1.165, 1.54) is 9.20 Å². The zero-order valence-corrected chi connectivity index (χ0v) is 17.4. The maximum absolute atomic E-state index is 12.6. The molecule has 0 aliphatic carbocycles. The van der Waals surface area contributed by atoms with Crippen LogP contribution in [-0.2, 0) is 14.8 Å². The van der Waals surface area contributed by atoms with Crippen molar-refractivity contribution in [1.29, 1.82) is 0 Å². The van der Waals surface area contributed by atoms with Crippen LogP contribution in [0, 0.1) is 0 Å². The van der Waals surface area contributed by atoms with Crippen molar-refractivity contribution in [3.8, 4) is 5.75 Å². The van der Waals surface area contributed by atoms with Crippen LogP contribution in [0.5, 0.6) is 5.75 Å². The second-order valence-electron chi connectivity index (χ2n) is 5.64. The molecule has 26 heavy (non-hydrogen) atoms. The van der Waals surface area contributed by atoms with Gasteiger partial charge in [0, 0.05) is 28.2 Å². The second-order valence-corrected chi connectivity index (χ2v) is 9.66. The number of ether oxygens (including phenoxy) is 2. The van der Waals surface area contributed by atoms with Crippen LogP contribution in [0.15, 0.2) is 62.8 Å². The lowest BCUT2D eigenvalue weighted by molar-refractivity contribution is 0.0730. The van der Waals surface area contributed by atoms with E-state index in [1.54, 1.807) is 36.0 Å². The summed E-state index contributed by atoms with van der Waals surface area (Å²) in [5.41, 5.74) is 0. The van der Waals surface area contributed by atoms with Crippen LogP contribution in [0.25, 0.3) is 0 Å². The molecule has 1 heterocycles. The van der Waals surface area contributed by atoms with Gasteiger partial charge in [0.25, 0.3) is 0 Å². The minimum atomic E-state index is -3.45. The van der Waals surface area contributed by atoms with Gasteiger partial charge in [-0.1, -0.05) is 15.9 Å². The van der Waals surface area contributed by atoms with E-state index >= 15 is 0 Å². The molecule has 1 aliphatic rings. The van der Waals surface area contributed by atoms with E-state index in [1.807, 2.05) is 12.1 Å². The molecule has 3 rings (SSSR count).